The Bertz CT molecular complexity index is 971. The normalized spacial score (nSPS) is 12.9. The molecule has 1 N–H and O–H groups in total. The number of ether oxygens (including phenoxy) is 1. The number of nitro groups is 1. The number of non-ortho nitro benzene ring substituents is 1. The number of aromatic nitrogens is 2. The molecule has 0 bridgehead atoms. The van der Waals surface area contributed by atoms with E-state index in [0.717, 1.165) is 4.57 Å². The van der Waals surface area contributed by atoms with E-state index in [2.05, 4.69) is 4.98 Å². The van der Waals surface area contributed by atoms with Gasteiger partial charge in [0.25, 0.3) is 5.69 Å². The maximum Gasteiger partial charge on any atom is 0.449 e. The zero-order chi connectivity index (χ0) is 19.6. The number of nitrogens with zero attached hydrogens (tertiary/aromatic N) is 3. The van der Waals surface area contributed by atoms with Crippen molar-refractivity contribution in [3.05, 3.63) is 64.5 Å². The molecule has 27 heavy (non-hydrogen) atoms. The molecule has 0 saturated carbocycles. The number of para-hydroxylation sites is 2. The molecule has 0 aliphatic heterocycles. The third kappa shape index (κ3) is 4.17. The van der Waals surface area contributed by atoms with Gasteiger partial charge in [0.1, 0.15) is 18.5 Å². The number of benzene rings is 2. The first kappa shape index (κ1) is 18.6. The number of fused-ring (bicyclic) bond motifs is 1. The molecule has 7 nitrogen and oxygen atoms in total. The molecule has 1 atom stereocenters. The Morgan fingerprint density at radius 2 is 1.96 bits per heavy atom. The summed E-state index contributed by atoms with van der Waals surface area (Å²) in [6.07, 6.45) is -5.97. The summed E-state index contributed by atoms with van der Waals surface area (Å²) in [5, 5.41) is 20.9. The van der Waals surface area contributed by atoms with Crippen LogP contribution < -0.4 is 4.74 Å². The number of hydrogen-bond donors (Lipinski definition) is 1. The van der Waals surface area contributed by atoms with Crippen molar-refractivity contribution in [2.45, 2.75) is 18.8 Å². The average molecular weight is 381 g/mol. The van der Waals surface area contributed by atoms with Crippen molar-refractivity contribution in [1.82, 2.24) is 9.55 Å². The highest BCUT2D eigenvalue weighted by Crippen LogP contribution is 2.31. The van der Waals surface area contributed by atoms with E-state index in [1.807, 2.05) is 0 Å². The van der Waals surface area contributed by atoms with E-state index in [1.54, 1.807) is 12.1 Å². The zero-order valence-electron chi connectivity index (χ0n) is 13.8. The van der Waals surface area contributed by atoms with E-state index in [1.165, 1.54) is 36.4 Å². The van der Waals surface area contributed by atoms with E-state index in [-0.39, 0.29) is 29.1 Å². The first-order chi connectivity index (χ1) is 12.8. The van der Waals surface area contributed by atoms with E-state index in [9.17, 15) is 28.4 Å². The minimum atomic E-state index is -4.68. The summed E-state index contributed by atoms with van der Waals surface area (Å²) in [6.45, 7) is -0.741. The second-order valence-corrected chi connectivity index (χ2v) is 5.75. The largest absolute Gasteiger partial charge is 0.491 e. The Morgan fingerprint density at radius 3 is 2.67 bits per heavy atom. The fourth-order valence-corrected chi connectivity index (χ4v) is 2.62. The molecule has 1 aromatic heterocycles. The summed E-state index contributed by atoms with van der Waals surface area (Å²) in [6, 6.07) is 11.4. The summed E-state index contributed by atoms with van der Waals surface area (Å²) >= 11 is 0. The second kappa shape index (κ2) is 7.23. The van der Waals surface area contributed by atoms with Gasteiger partial charge in [-0.1, -0.05) is 18.2 Å². The predicted octanol–water partition coefficient (Wildman–Crippen LogP) is 3.40. The fraction of sp³-hybridized carbons (Fsp3) is 0.235. The highest BCUT2D eigenvalue weighted by molar-refractivity contribution is 5.76. The minimum absolute atomic E-state index is 0.134. The van der Waals surface area contributed by atoms with E-state index in [4.69, 9.17) is 4.74 Å². The van der Waals surface area contributed by atoms with Crippen molar-refractivity contribution < 1.29 is 27.9 Å². The predicted molar refractivity (Wildman–Crippen MR) is 89.3 cm³/mol. The molecule has 0 radical (unpaired) electrons. The van der Waals surface area contributed by atoms with Crippen LogP contribution in [-0.4, -0.2) is 32.3 Å². The van der Waals surface area contributed by atoms with Gasteiger partial charge < -0.3 is 14.4 Å². The number of aliphatic hydroxyl groups excluding tert-OH is 1. The third-order valence-electron chi connectivity index (χ3n) is 3.77. The van der Waals surface area contributed by atoms with Crippen LogP contribution in [0.4, 0.5) is 18.9 Å². The van der Waals surface area contributed by atoms with Crippen LogP contribution in [0.1, 0.15) is 5.82 Å². The molecule has 142 valence electrons. The maximum absolute atomic E-state index is 13.2. The van der Waals surface area contributed by atoms with Crippen molar-refractivity contribution in [3.8, 4) is 5.75 Å². The van der Waals surface area contributed by atoms with Gasteiger partial charge >= 0.3 is 6.18 Å². The molecule has 0 spiro atoms. The molecule has 0 amide bonds. The first-order valence-corrected chi connectivity index (χ1v) is 7.83. The first-order valence-electron chi connectivity index (χ1n) is 7.83. The summed E-state index contributed by atoms with van der Waals surface area (Å²) in [5.74, 6) is -0.979. The number of alkyl halides is 3. The summed E-state index contributed by atoms with van der Waals surface area (Å²) < 4.78 is 45.9. The third-order valence-corrected chi connectivity index (χ3v) is 3.77. The van der Waals surface area contributed by atoms with Crippen LogP contribution in [0.5, 0.6) is 5.75 Å². The topological polar surface area (TPSA) is 90.4 Å². The molecule has 2 aromatic carbocycles. The lowest BCUT2D eigenvalue weighted by Gasteiger charge is -2.16. The zero-order valence-corrected chi connectivity index (χ0v) is 13.8. The van der Waals surface area contributed by atoms with Gasteiger partial charge in [-0.05, 0) is 18.2 Å². The monoisotopic (exact) mass is 381 g/mol. The number of nitro benzene ring substituents is 1. The van der Waals surface area contributed by atoms with Crippen molar-refractivity contribution in [2.75, 3.05) is 6.61 Å². The quantitative estimate of drug-likeness (QED) is 0.522. The van der Waals surface area contributed by atoms with Crippen LogP contribution in [0.25, 0.3) is 11.0 Å². The Labute approximate surface area is 150 Å². The number of hydrogen-bond acceptors (Lipinski definition) is 5. The van der Waals surface area contributed by atoms with Crippen molar-refractivity contribution >= 4 is 16.7 Å². The van der Waals surface area contributed by atoms with Gasteiger partial charge in [-0.2, -0.15) is 13.2 Å². The number of halogens is 3. The lowest BCUT2D eigenvalue weighted by atomic mass is 10.3. The highest BCUT2D eigenvalue weighted by atomic mass is 19.4. The van der Waals surface area contributed by atoms with E-state index < -0.39 is 29.6 Å². The van der Waals surface area contributed by atoms with E-state index >= 15 is 0 Å². The van der Waals surface area contributed by atoms with Crippen LogP contribution in [0.3, 0.4) is 0 Å². The molecule has 3 rings (SSSR count). The molecule has 0 aliphatic rings. The molecular weight excluding hydrogens is 367 g/mol. The highest BCUT2D eigenvalue weighted by Gasteiger charge is 2.37. The molecule has 3 aromatic rings. The van der Waals surface area contributed by atoms with Crippen molar-refractivity contribution in [3.63, 3.8) is 0 Å². The summed E-state index contributed by atoms with van der Waals surface area (Å²) in [5.41, 5.74) is 0.206. The maximum atomic E-state index is 13.2. The fourth-order valence-electron chi connectivity index (χ4n) is 2.62. The van der Waals surface area contributed by atoms with Gasteiger partial charge in [0.05, 0.1) is 28.6 Å². The van der Waals surface area contributed by atoms with Gasteiger partial charge in [0, 0.05) is 6.07 Å². The lowest BCUT2D eigenvalue weighted by molar-refractivity contribution is -0.384. The lowest BCUT2D eigenvalue weighted by Crippen LogP contribution is -2.26. The van der Waals surface area contributed by atoms with Gasteiger partial charge in [0.2, 0.25) is 5.82 Å². The van der Waals surface area contributed by atoms with Gasteiger partial charge in [-0.25, -0.2) is 4.98 Å². The van der Waals surface area contributed by atoms with Crippen LogP contribution in [-0.2, 0) is 12.7 Å². The molecule has 1 heterocycles. The van der Waals surface area contributed by atoms with Crippen LogP contribution >= 0.6 is 0 Å². The number of imidazole rings is 1. The van der Waals surface area contributed by atoms with E-state index in [0.29, 0.717) is 0 Å². The van der Waals surface area contributed by atoms with Crippen LogP contribution in [0, 0.1) is 10.1 Å². The Kier molecular flexibility index (Phi) is 5.00. The summed E-state index contributed by atoms with van der Waals surface area (Å²) in [4.78, 5) is 13.7. The Balaban J connectivity index is 1.77. The van der Waals surface area contributed by atoms with Gasteiger partial charge in [-0.15, -0.1) is 0 Å². The standard InChI is InChI=1S/C17H14F3N3O4/c18-17(19,20)16-21-14-6-1-2-7-15(14)22(16)9-12(24)10-27-13-5-3-4-11(8-13)23(25)26/h1-8,12,24H,9-10H2. The summed E-state index contributed by atoms with van der Waals surface area (Å²) in [7, 11) is 0. The van der Waals surface area contributed by atoms with Crippen molar-refractivity contribution in [1.29, 1.82) is 0 Å². The molecule has 0 saturated heterocycles. The SMILES string of the molecule is O=[N+]([O-])c1cccc(OCC(O)Cn2c(C(F)(F)F)nc3ccccc32)c1. The molecule has 0 fully saturated rings. The van der Waals surface area contributed by atoms with Crippen LogP contribution in [0.2, 0.25) is 0 Å². The second-order valence-electron chi connectivity index (χ2n) is 5.75. The molecule has 0 aliphatic carbocycles. The minimum Gasteiger partial charge on any atom is -0.491 e. The van der Waals surface area contributed by atoms with Gasteiger partial charge in [0.15, 0.2) is 0 Å². The molecule has 10 heteroatoms. The molecular formula is C17H14F3N3O4. The Hall–Kier alpha value is -3.14. The number of rotatable bonds is 6. The van der Waals surface area contributed by atoms with Crippen molar-refractivity contribution in [2.24, 2.45) is 0 Å². The molecule has 1 unspecified atom stereocenters. The van der Waals surface area contributed by atoms with Crippen LogP contribution in [0.15, 0.2) is 48.5 Å². The smallest absolute Gasteiger partial charge is 0.449 e. The number of aliphatic hydroxyl groups is 1. The Morgan fingerprint density at radius 1 is 1.22 bits per heavy atom. The van der Waals surface area contributed by atoms with Gasteiger partial charge in [-0.3, -0.25) is 10.1 Å². The average Bonchev–Trinajstić information content (AvgIpc) is 2.99.